The SMILES string of the molecule is CC.CC(=O)OCc1ccc(-n2c(-c3nccnc3N)nc3ccc(Br)nc32)cc1. The lowest BCUT2D eigenvalue weighted by Crippen LogP contribution is -2.04. The van der Waals surface area contributed by atoms with E-state index in [4.69, 9.17) is 10.5 Å². The fraction of sp³-hybridized carbons (Fsp3) is 0.190. The average Bonchev–Trinajstić information content (AvgIpc) is 3.12. The van der Waals surface area contributed by atoms with Crippen LogP contribution in [0.4, 0.5) is 5.82 Å². The highest BCUT2D eigenvalue weighted by molar-refractivity contribution is 9.10. The summed E-state index contributed by atoms with van der Waals surface area (Å²) in [4.78, 5) is 28.7. The van der Waals surface area contributed by atoms with Crippen LogP contribution < -0.4 is 5.73 Å². The number of nitrogens with zero attached hydrogens (tertiary/aromatic N) is 5. The number of fused-ring (bicyclic) bond motifs is 1. The zero-order chi connectivity index (χ0) is 21.7. The van der Waals surface area contributed by atoms with Crippen molar-refractivity contribution >= 4 is 38.9 Å². The Hall–Kier alpha value is -3.33. The molecule has 9 heteroatoms. The number of ether oxygens (including phenoxy) is 1. The second-order valence-electron chi connectivity index (χ2n) is 5.98. The number of hydrogen-bond acceptors (Lipinski definition) is 7. The molecule has 0 aliphatic rings. The lowest BCUT2D eigenvalue weighted by molar-refractivity contribution is -0.142. The molecule has 0 radical (unpaired) electrons. The van der Waals surface area contributed by atoms with Crippen LogP contribution in [0.5, 0.6) is 0 Å². The van der Waals surface area contributed by atoms with E-state index in [1.54, 1.807) is 6.20 Å². The Morgan fingerprint density at radius 1 is 1.07 bits per heavy atom. The second-order valence-corrected chi connectivity index (χ2v) is 6.80. The number of aromatic nitrogens is 5. The van der Waals surface area contributed by atoms with E-state index in [9.17, 15) is 4.79 Å². The molecule has 0 saturated heterocycles. The summed E-state index contributed by atoms with van der Waals surface area (Å²) in [6, 6.07) is 11.3. The van der Waals surface area contributed by atoms with E-state index in [0.29, 0.717) is 27.3 Å². The molecule has 0 fully saturated rings. The maximum absolute atomic E-state index is 11.0. The van der Waals surface area contributed by atoms with Gasteiger partial charge in [0, 0.05) is 25.0 Å². The van der Waals surface area contributed by atoms with E-state index < -0.39 is 0 Å². The van der Waals surface area contributed by atoms with Gasteiger partial charge in [0.15, 0.2) is 17.3 Å². The minimum atomic E-state index is -0.320. The first kappa shape index (κ1) is 21.4. The van der Waals surface area contributed by atoms with Gasteiger partial charge in [-0.25, -0.2) is 19.9 Å². The Morgan fingerprint density at radius 2 is 1.77 bits per heavy atom. The molecule has 2 N–H and O–H groups in total. The number of benzene rings is 1. The van der Waals surface area contributed by atoms with Crippen molar-refractivity contribution in [3.63, 3.8) is 0 Å². The number of carbonyl (C=O) groups excluding carboxylic acids is 1. The lowest BCUT2D eigenvalue weighted by Gasteiger charge is -2.10. The molecule has 0 unspecified atom stereocenters. The average molecular weight is 469 g/mol. The van der Waals surface area contributed by atoms with E-state index in [1.807, 2.05) is 54.8 Å². The summed E-state index contributed by atoms with van der Waals surface area (Å²) in [5, 5.41) is 0. The number of carbonyl (C=O) groups is 1. The van der Waals surface area contributed by atoms with Crippen molar-refractivity contribution in [1.29, 1.82) is 0 Å². The number of esters is 1. The quantitative estimate of drug-likeness (QED) is 0.350. The van der Waals surface area contributed by atoms with Gasteiger partial charge in [-0.1, -0.05) is 26.0 Å². The summed E-state index contributed by atoms with van der Waals surface area (Å²) in [5.41, 5.74) is 9.56. The third-order valence-corrected chi connectivity index (χ3v) is 4.49. The summed E-state index contributed by atoms with van der Waals surface area (Å²) in [6.45, 7) is 5.60. The van der Waals surface area contributed by atoms with Crippen molar-refractivity contribution in [1.82, 2.24) is 24.5 Å². The molecule has 4 rings (SSSR count). The van der Waals surface area contributed by atoms with Crippen molar-refractivity contribution in [2.45, 2.75) is 27.4 Å². The van der Waals surface area contributed by atoms with Crippen LogP contribution in [0, 0.1) is 0 Å². The Morgan fingerprint density at radius 3 is 2.43 bits per heavy atom. The van der Waals surface area contributed by atoms with Crippen LogP contribution in [0.3, 0.4) is 0 Å². The highest BCUT2D eigenvalue weighted by atomic mass is 79.9. The maximum Gasteiger partial charge on any atom is 0.302 e. The topological polar surface area (TPSA) is 109 Å². The standard InChI is InChI=1S/C19H15BrN6O2.C2H6/c1-11(27)28-10-12-2-4-13(5-3-12)26-18-14(6-7-15(20)25-18)24-19(26)16-17(21)23-9-8-22-16;1-2/h2-9H,10H2,1H3,(H2,21,23);1-2H3. The van der Waals surface area contributed by atoms with E-state index in [1.165, 1.54) is 13.1 Å². The number of anilines is 1. The molecular formula is C21H21BrN6O2. The number of rotatable bonds is 4. The summed E-state index contributed by atoms with van der Waals surface area (Å²) in [7, 11) is 0. The fourth-order valence-electron chi connectivity index (χ4n) is 2.78. The molecule has 0 atom stereocenters. The number of pyridine rings is 1. The summed E-state index contributed by atoms with van der Waals surface area (Å²) >= 11 is 3.41. The smallest absolute Gasteiger partial charge is 0.302 e. The third kappa shape index (κ3) is 4.46. The largest absolute Gasteiger partial charge is 0.461 e. The molecule has 0 spiro atoms. The van der Waals surface area contributed by atoms with Crippen LogP contribution in [0.15, 0.2) is 53.4 Å². The first-order valence-electron chi connectivity index (χ1n) is 9.37. The Kier molecular flexibility index (Phi) is 6.73. The monoisotopic (exact) mass is 468 g/mol. The summed E-state index contributed by atoms with van der Waals surface area (Å²) in [5.74, 6) is 0.502. The van der Waals surface area contributed by atoms with Gasteiger partial charge in [-0.05, 0) is 45.8 Å². The molecule has 1 aromatic carbocycles. The number of nitrogen functional groups attached to an aromatic ring is 1. The highest BCUT2D eigenvalue weighted by Gasteiger charge is 2.19. The van der Waals surface area contributed by atoms with Crippen LogP contribution in [0.25, 0.3) is 28.4 Å². The van der Waals surface area contributed by atoms with Crippen molar-refractivity contribution in [3.05, 3.63) is 59.0 Å². The second kappa shape index (κ2) is 9.45. The van der Waals surface area contributed by atoms with Crippen LogP contribution >= 0.6 is 15.9 Å². The Balaban J connectivity index is 0.00000124. The van der Waals surface area contributed by atoms with Crippen LogP contribution in [-0.4, -0.2) is 30.5 Å². The predicted molar refractivity (Wildman–Crippen MR) is 119 cm³/mol. The van der Waals surface area contributed by atoms with Gasteiger partial charge < -0.3 is 10.5 Å². The molecule has 3 aromatic heterocycles. The van der Waals surface area contributed by atoms with E-state index >= 15 is 0 Å². The molecular weight excluding hydrogens is 448 g/mol. The maximum atomic E-state index is 11.0. The zero-order valence-corrected chi connectivity index (χ0v) is 18.4. The van der Waals surface area contributed by atoms with Gasteiger partial charge in [0.05, 0.1) is 0 Å². The molecule has 0 bridgehead atoms. The van der Waals surface area contributed by atoms with Crippen LogP contribution in [-0.2, 0) is 16.1 Å². The van der Waals surface area contributed by atoms with Crippen molar-refractivity contribution in [2.75, 3.05) is 5.73 Å². The van der Waals surface area contributed by atoms with Crippen LogP contribution in [0.1, 0.15) is 26.3 Å². The summed E-state index contributed by atoms with van der Waals surface area (Å²) < 4.78 is 7.60. The minimum Gasteiger partial charge on any atom is -0.461 e. The Bertz CT molecular complexity index is 1170. The first-order chi connectivity index (χ1) is 14.5. The van der Waals surface area contributed by atoms with Gasteiger partial charge in [-0.2, -0.15) is 0 Å². The van der Waals surface area contributed by atoms with Gasteiger partial charge in [-0.15, -0.1) is 0 Å². The van der Waals surface area contributed by atoms with Crippen molar-refractivity contribution in [3.8, 4) is 17.2 Å². The van der Waals surface area contributed by atoms with Crippen molar-refractivity contribution in [2.24, 2.45) is 0 Å². The molecule has 0 saturated carbocycles. The normalized spacial score (nSPS) is 10.4. The molecule has 3 heterocycles. The van der Waals surface area contributed by atoms with Gasteiger partial charge in [0.25, 0.3) is 0 Å². The molecule has 30 heavy (non-hydrogen) atoms. The fourth-order valence-corrected chi connectivity index (χ4v) is 3.08. The third-order valence-electron chi connectivity index (χ3n) is 4.05. The van der Waals surface area contributed by atoms with Crippen molar-refractivity contribution < 1.29 is 9.53 Å². The molecule has 0 aliphatic heterocycles. The first-order valence-corrected chi connectivity index (χ1v) is 10.2. The zero-order valence-electron chi connectivity index (χ0n) is 16.8. The van der Waals surface area contributed by atoms with Gasteiger partial charge >= 0.3 is 5.97 Å². The minimum absolute atomic E-state index is 0.216. The molecule has 154 valence electrons. The lowest BCUT2D eigenvalue weighted by atomic mass is 10.2. The molecule has 0 amide bonds. The number of imidazole rings is 1. The van der Waals surface area contributed by atoms with E-state index in [0.717, 1.165) is 11.3 Å². The van der Waals surface area contributed by atoms with Gasteiger partial charge in [0.1, 0.15) is 22.4 Å². The number of nitrogens with two attached hydrogens (primary N) is 1. The molecule has 0 aliphatic carbocycles. The summed E-state index contributed by atoms with van der Waals surface area (Å²) in [6.07, 6.45) is 3.10. The highest BCUT2D eigenvalue weighted by Crippen LogP contribution is 2.29. The van der Waals surface area contributed by atoms with Gasteiger partial charge in [0.2, 0.25) is 0 Å². The Labute approximate surface area is 182 Å². The number of halogens is 1. The van der Waals surface area contributed by atoms with E-state index in [2.05, 4.69) is 35.9 Å². The van der Waals surface area contributed by atoms with Crippen LogP contribution in [0.2, 0.25) is 0 Å². The predicted octanol–water partition coefficient (Wildman–Crippen LogP) is 4.31. The molecule has 8 nitrogen and oxygen atoms in total. The van der Waals surface area contributed by atoms with Gasteiger partial charge in [-0.3, -0.25) is 9.36 Å². The molecule has 4 aromatic rings. The van der Waals surface area contributed by atoms with E-state index in [-0.39, 0.29) is 18.4 Å². The number of hydrogen-bond donors (Lipinski definition) is 1.